The van der Waals surface area contributed by atoms with Gasteiger partial charge in [-0.1, -0.05) is 78.4 Å². The summed E-state index contributed by atoms with van der Waals surface area (Å²) in [6, 6.07) is 19.0. The Bertz CT molecular complexity index is 1150. The lowest BCUT2D eigenvalue weighted by Gasteiger charge is -2.42. The topological polar surface area (TPSA) is 32.7 Å². The summed E-state index contributed by atoms with van der Waals surface area (Å²) in [6.07, 6.45) is 13.5. The predicted molar refractivity (Wildman–Crippen MR) is 128 cm³/mol. The van der Waals surface area contributed by atoms with E-state index < -0.39 is 0 Å². The lowest BCUT2D eigenvalue weighted by molar-refractivity contribution is -0.117. The van der Waals surface area contributed by atoms with E-state index in [1.165, 1.54) is 5.56 Å². The molecule has 0 bridgehead atoms. The first-order chi connectivity index (χ1) is 15.1. The van der Waals surface area contributed by atoms with Crippen LogP contribution in [0.5, 0.6) is 0 Å². The highest BCUT2D eigenvalue weighted by Gasteiger charge is 2.37. The summed E-state index contributed by atoms with van der Waals surface area (Å²) in [7, 11) is 0. The van der Waals surface area contributed by atoms with Gasteiger partial charge in [0.1, 0.15) is 5.78 Å². The third-order valence-electron chi connectivity index (χ3n) is 6.17. The molecule has 154 valence electrons. The van der Waals surface area contributed by atoms with Gasteiger partial charge in [0.25, 0.3) is 0 Å². The number of rotatable bonds is 4. The molecule has 3 nitrogen and oxygen atoms in total. The van der Waals surface area contributed by atoms with E-state index in [4.69, 9.17) is 4.99 Å². The minimum Gasteiger partial charge on any atom is -0.333 e. The van der Waals surface area contributed by atoms with Crippen LogP contribution in [-0.4, -0.2) is 23.6 Å². The van der Waals surface area contributed by atoms with Crippen molar-refractivity contribution in [2.24, 2.45) is 10.9 Å². The summed E-state index contributed by atoms with van der Waals surface area (Å²) in [5.74, 6) is 0.419. The fourth-order valence-electron chi connectivity index (χ4n) is 4.66. The largest absolute Gasteiger partial charge is 0.333 e. The Balaban J connectivity index is 1.72. The van der Waals surface area contributed by atoms with Gasteiger partial charge in [0.2, 0.25) is 0 Å². The van der Waals surface area contributed by atoms with Crippen LogP contribution >= 0.6 is 0 Å². The van der Waals surface area contributed by atoms with Gasteiger partial charge in [-0.15, -0.1) is 0 Å². The second-order valence-corrected chi connectivity index (χ2v) is 8.50. The Morgan fingerprint density at radius 1 is 1.00 bits per heavy atom. The zero-order chi connectivity index (χ0) is 21.4. The highest BCUT2D eigenvalue weighted by Crippen LogP contribution is 2.40. The van der Waals surface area contributed by atoms with Crippen LogP contribution < -0.4 is 4.90 Å². The third-order valence-corrected chi connectivity index (χ3v) is 6.17. The van der Waals surface area contributed by atoms with Gasteiger partial charge in [-0.25, -0.2) is 0 Å². The molecule has 2 aromatic rings. The molecule has 0 spiro atoms. The smallest absolute Gasteiger partial charge is 0.132 e. The van der Waals surface area contributed by atoms with Gasteiger partial charge in [0.15, 0.2) is 0 Å². The number of aryl methyl sites for hydroxylation is 1. The molecular formula is C28H26N2O. The molecule has 2 heterocycles. The van der Waals surface area contributed by atoms with Crippen molar-refractivity contribution in [2.75, 3.05) is 4.90 Å². The molecule has 0 radical (unpaired) electrons. The minimum atomic E-state index is -0.0839. The monoisotopic (exact) mass is 406 g/mol. The Labute approximate surface area is 183 Å². The molecule has 3 aliphatic rings. The molecule has 31 heavy (non-hydrogen) atoms. The maximum Gasteiger partial charge on any atom is 0.132 e. The van der Waals surface area contributed by atoms with Gasteiger partial charge in [-0.05, 0) is 43.2 Å². The molecule has 3 atom stereocenters. The zero-order valence-corrected chi connectivity index (χ0v) is 17.9. The van der Waals surface area contributed by atoms with E-state index in [0.29, 0.717) is 6.42 Å². The van der Waals surface area contributed by atoms with Crippen LogP contribution in [0, 0.1) is 12.8 Å². The molecule has 0 saturated carbocycles. The number of nitrogens with zero attached hydrogens (tertiary/aromatic N) is 2. The maximum atomic E-state index is 12.4. The molecule has 0 fully saturated rings. The molecule has 0 N–H and O–H groups in total. The van der Waals surface area contributed by atoms with Crippen LogP contribution in [0.2, 0.25) is 0 Å². The maximum absolute atomic E-state index is 12.4. The number of ketones is 1. The van der Waals surface area contributed by atoms with Crippen molar-refractivity contribution < 1.29 is 4.79 Å². The molecule has 3 heteroatoms. The normalized spacial score (nSPS) is 24.0. The summed E-state index contributed by atoms with van der Waals surface area (Å²) in [5.41, 5.74) is 6.66. The Hall–Kier alpha value is -3.46. The van der Waals surface area contributed by atoms with Crippen molar-refractivity contribution in [3.63, 3.8) is 0 Å². The molecule has 5 rings (SSSR count). The number of hydrogen-bond acceptors (Lipinski definition) is 3. The van der Waals surface area contributed by atoms with Crippen LogP contribution in [0.1, 0.15) is 24.5 Å². The number of Topliss-reactive ketones (excluding diaryl/α,β-unsaturated/α-hetero) is 1. The van der Waals surface area contributed by atoms with Crippen molar-refractivity contribution in [2.45, 2.75) is 32.4 Å². The second kappa shape index (κ2) is 7.99. The van der Waals surface area contributed by atoms with Crippen molar-refractivity contribution in [3.05, 3.63) is 108 Å². The fraction of sp³-hybridized carbons (Fsp3) is 0.214. The predicted octanol–water partition coefficient (Wildman–Crippen LogP) is 5.70. The molecule has 1 aliphatic carbocycles. The van der Waals surface area contributed by atoms with Gasteiger partial charge in [0, 0.05) is 18.0 Å². The fourth-order valence-corrected chi connectivity index (χ4v) is 4.66. The Morgan fingerprint density at radius 3 is 2.48 bits per heavy atom. The number of fused-ring (bicyclic) bond motifs is 2. The number of dihydropyridines is 1. The summed E-state index contributed by atoms with van der Waals surface area (Å²) < 4.78 is 0. The second-order valence-electron chi connectivity index (χ2n) is 8.50. The lowest BCUT2D eigenvalue weighted by Crippen LogP contribution is -2.44. The summed E-state index contributed by atoms with van der Waals surface area (Å²) in [5, 5.41) is 0. The van der Waals surface area contributed by atoms with E-state index in [2.05, 4.69) is 96.8 Å². The van der Waals surface area contributed by atoms with Gasteiger partial charge in [0.05, 0.1) is 23.5 Å². The number of anilines is 1. The first-order valence-electron chi connectivity index (χ1n) is 10.9. The van der Waals surface area contributed by atoms with Crippen LogP contribution in [-0.2, 0) is 4.79 Å². The van der Waals surface area contributed by atoms with E-state index in [1.54, 1.807) is 6.92 Å². The molecule has 2 aliphatic heterocycles. The number of carbonyl (C=O) groups excluding carboxylic acids is 1. The van der Waals surface area contributed by atoms with Gasteiger partial charge in [-0.2, -0.15) is 0 Å². The first-order valence-corrected chi connectivity index (χ1v) is 10.9. The molecule has 3 unspecified atom stereocenters. The SMILES string of the molecule is CC(=O)CC1C2=CC3C=CC=CC3N=C2C=C(c2ccccc2)N1c1ccc(C)cc1. The number of hydrogen-bond donors (Lipinski definition) is 0. The summed E-state index contributed by atoms with van der Waals surface area (Å²) in [4.78, 5) is 19.8. The van der Waals surface area contributed by atoms with E-state index in [1.807, 2.05) is 6.07 Å². The average molecular weight is 407 g/mol. The highest BCUT2D eigenvalue weighted by molar-refractivity contribution is 6.18. The van der Waals surface area contributed by atoms with E-state index in [9.17, 15) is 4.79 Å². The zero-order valence-electron chi connectivity index (χ0n) is 17.9. The highest BCUT2D eigenvalue weighted by atomic mass is 16.1. The number of benzene rings is 2. The van der Waals surface area contributed by atoms with Crippen molar-refractivity contribution >= 4 is 22.9 Å². The van der Waals surface area contributed by atoms with Crippen LogP contribution in [0.15, 0.2) is 102 Å². The Morgan fingerprint density at radius 2 is 1.74 bits per heavy atom. The molecule has 2 aromatic carbocycles. The van der Waals surface area contributed by atoms with Gasteiger partial charge >= 0.3 is 0 Å². The molecule has 0 aromatic heterocycles. The average Bonchev–Trinajstić information content (AvgIpc) is 2.79. The van der Waals surface area contributed by atoms with Crippen molar-refractivity contribution in [1.29, 1.82) is 0 Å². The Kier molecular flexibility index (Phi) is 5.03. The van der Waals surface area contributed by atoms with Crippen molar-refractivity contribution in [1.82, 2.24) is 0 Å². The van der Waals surface area contributed by atoms with Crippen LogP contribution in [0.4, 0.5) is 5.69 Å². The molecule has 0 amide bonds. The van der Waals surface area contributed by atoms with Gasteiger partial charge in [-0.3, -0.25) is 9.79 Å². The lowest BCUT2D eigenvalue weighted by atomic mass is 9.81. The summed E-state index contributed by atoms with van der Waals surface area (Å²) in [6.45, 7) is 3.78. The van der Waals surface area contributed by atoms with Crippen LogP contribution in [0.3, 0.4) is 0 Å². The first kappa shape index (κ1) is 19.5. The van der Waals surface area contributed by atoms with Crippen LogP contribution in [0.25, 0.3) is 5.70 Å². The standard InChI is InChI=1S/C28H26N2O/c1-19-12-14-23(15-13-19)30-27(21-8-4-3-5-9-21)18-26-24(28(30)16-20(2)31)17-22-10-6-7-11-25(22)29-26/h3-15,17-18,22,25,28H,16H2,1-2H3. The van der Waals surface area contributed by atoms with Crippen molar-refractivity contribution in [3.8, 4) is 0 Å². The number of carbonyl (C=O) groups is 1. The number of allylic oxidation sites excluding steroid dienone is 3. The molecular weight excluding hydrogens is 380 g/mol. The van der Waals surface area contributed by atoms with E-state index >= 15 is 0 Å². The third kappa shape index (κ3) is 3.72. The molecule has 0 saturated heterocycles. The van der Waals surface area contributed by atoms with E-state index in [-0.39, 0.29) is 23.8 Å². The summed E-state index contributed by atoms with van der Waals surface area (Å²) >= 11 is 0. The minimum absolute atomic E-state index is 0.0839. The van der Waals surface area contributed by atoms with Gasteiger partial charge < -0.3 is 4.90 Å². The number of aliphatic imine (C=N–C) groups is 1. The quantitative estimate of drug-likeness (QED) is 0.653. The van der Waals surface area contributed by atoms with E-state index in [0.717, 1.165) is 28.2 Å².